The van der Waals surface area contributed by atoms with E-state index in [9.17, 15) is 18.7 Å². The van der Waals surface area contributed by atoms with E-state index in [1.165, 1.54) is 11.0 Å². The summed E-state index contributed by atoms with van der Waals surface area (Å²) in [6.45, 7) is -0.0805. The van der Waals surface area contributed by atoms with Gasteiger partial charge in [-0.15, -0.1) is 10.2 Å². The fourth-order valence-electron chi connectivity index (χ4n) is 2.23. The standard InChI is InChI=1S/C12H11F2N5O2/c13-8-2-1-3-9(14)7(8)4-10(20)19-5-12(21,6-19)11-15-17-18-16-11/h1-3,21H,4-6H2,(H,15,16,17,18). The maximum absolute atomic E-state index is 13.5. The molecular formula is C12H11F2N5O2. The Kier molecular flexibility index (Phi) is 3.13. The first-order chi connectivity index (χ1) is 9.99. The molecule has 1 fully saturated rings. The summed E-state index contributed by atoms with van der Waals surface area (Å²) in [5, 5.41) is 23.0. The first-order valence-corrected chi connectivity index (χ1v) is 6.16. The first kappa shape index (κ1) is 13.6. The molecule has 1 aromatic carbocycles. The third-order valence-electron chi connectivity index (χ3n) is 3.41. The Morgan fingerprint density at radius 3 is 2.62 bits per heavy atom. The minimum absolute atomic E-state index is 0.0402. The lowest BCUT2D eigenvalue weighted by Gasteiger charge is -2.44. The van der Waals surface area contributed by atoms with E-state index in [4.69, 9.17) is 0 Å². The number of aromatic nitrogens is 4. The number of hydrogen-bond donors (Lipinski definition) is 2. The number of aliphatic hydroxyl groups is 1. The minimum atomic E-state index is -1.36. The number of hydrogen-bond acceptors (Lipinski definition) is 5. The number of nitrogens with one attached hydrogen (secondary N) is 1. The number of H-pyrrole nitrogens is 1. The van der Waals surface area contributed by atoms with E-state index < -0.39 is 29.6 Å². The van der Waals surface area contributed by atoms with Crippen LogP contribution in [0.1, 0.15) is 11.4 Å². The molecule has 1 aliphatic rings. The number of amides is 1. The summed E-state index contributed by atoms with van der Waals surface area (Å²) in [7, 11) is 0. The normalized spacial score (nSPS) is 16.6. The van der Waals surface area contributed by atoms with E-state index in [-0.39, 0.29) is 24.5 Å². The van der Waals surface area contributed by atoms with Crippen molar-refractivity contribution in [2.24, 2.45) is 0 Å². The van der Waals surface area contributed by atoms with Crippen LogP contribution >= 0.6 is 0 Å². The molecule has 2 aromatic rings. The van der Waals surface area contributed by atoms with Gasteiger partial charge in [0.15, 0.2) is 5.60 Å². The largest absolute Gasteiger partial charge is 0.378 e. The lowest BCUT2D eigenvalue weighted by Crippen LogP contribution is -2.62. The molecule has 1 aromatic heterocycles. The average Bonchev–Trinajstić information content (AvgIpc) is 2.93. The molecule has 110 valence electrons. The number of rotatable bonds is 3. The molecular weight excluding hydrogens is 284 g/mol. The molecule has 2 N–H and O–H groups in total. The zero-order valence-corrected chi connectivity index (χ0v) is 10.8. The molecule has 0 saturated carbocycles. The summed E-state index contributed by atoms with van der Waals surface area (Å²) in [5.41, 5.74) is -1.64. The number of benzene rings is 1. The van der Waals surface area contributed by atoms with Crippen molar-refractivity contribution in [3.05, 3.63) is 41.2 Å². The summed E-state index contributed by atoms with van der Waals surface area (Å²) in [6.07, 6.45) is -0.402. The maximum atomic E-state index is 13.5. The van der Waals surface area contributed by atoms with Crippen LogP contribution in [0.15, 0.2) is 18.2 Å². The van der Waals surface area contributed by atoms with Crippen molar-refractivity contribution in [1.29, 1.82) is 0 Å². The summed E-state index contributed by atoms with van der Waals surface area (Å²) < 4.78 is 27.0. The fraction of sp³-hybridized carbons (Fsp3) is 0.333. The molecule has 0 bridgehead atoms. The van der Waals surface area contributed by atoms with E-state index in [0.29, 0.717) is 0 Å². The van der Waals surface area contributed by atoms with Gasteiger partial charge in [-0.05, 0) is 12.1 Å². The number of nitrogens with zero attached hydrogens (tertiary/aromatic N) is 4. The third-order valence-corrected chi connectivity index (χ3v) is 3.41. The number of tetrazole rings is 1. The average molecular weight is 295 g/mol. The molecule has 0 atom stereocenters. The van der Waals surface area contributed by atoms with Gasteiger partial charge in [-0.25, -0.2) is 8.78 Å². The van der Waals surface area contributed by atoms with E-state index in [0.717, 1.165) is 12.1 Å². The Bertz CT molecular complexity index is 650. The number of carbonyl (C=O) groups excluding carboxylic acids is 1. The molecule has 0 unspecified atom stereocenters. The zero-order valence-electron chi connectivity index (χ0n) is 10.8. The van der Waals surface area contributed by atoms with Crippen LogP contribution in [0, 0.1) is 11.6 Å². The second-order valence-corrected chi connectivity index (χ2v) is 4.89. The van der Waals surface area contributed by atoms with Crippen LogP contribution in [0.5, 0.6) is 0 Å². The Labute approximate surface area is 117 Å². The van der Waals surface area contributed by atoms with Gasteiger partial charge in [0.05, 0.1) is 19.5 Å². The third kappa shape index (κ3) is 2.35. The van der Waals surface area contributed by atoms with Crippen molar-refractivity contribution in [1.82, 2.24) is 25.5 Å². The van der Waals surface area contributed by atoms with Gasteiger partial charge in [-0.1, -0.05) is 11.3 Å². The van der Waals surface area contributed by atoms with E-state index in [1.54, 1.807) is 0 Å². The molecule has 9 heteroatoms. The molecule has 1 amide bonds. The molecule has 0 spiro atoms. The van der Waals surface area contributed by atoms with Gasteiger partial charge in [-0.2, -0.15) is 5.21 Å². The predicted octanol–water partition coefficient (Wildman–Crippen LogP) is -0.250. The van der Waals surface area contributed by atoms with Gasteiger partial charge < -0.3 is 10.0 Å². The summed E-state index contributed by atoms with van der Waals surface area (Å²) >= 11 is 0. The van der Waals surface area contributed by atoms with Crippen LogP contribution in [-0.2, 0) is 16.8 Å². The van der Waals surface area contributed by atoms with Crippen molar-refractivity contribution in [2.45, 2.75) is 12.0 Å². The molecule has 0 aliphatic carbocycles. The van der Waals surface area contributed by atoms with Gasteiger partial charge >= 0.3 is 0 Å². The van der Waals surface area contributed by atoms with E-state index in [1.807, 2.05) is 0 Å². The fourth-order valence-corrected chi connectivity index (χ4v) is 2.23. The van der Waals surface area contributed by atoms with Crippen LogP contribution in [0.3, 0.4) is 0 Å². The van der Waals surface area contributed by atoms with Crippen LogP contribution in [-0.4, -0.2) is 49.6 Å². The monoisotopic (exact) mass is 295 g/mol. The van der Waals surface area contributed by atoms with Gasteiger partial charge in [0.2, 0.25) is 11.7 Å². The summed E-state index contributed by atoms with van der Waals surface area (Å²) in [4.78, 5) is 13.3. The highest BCUT2D eigenvalue weighted by atomic mass is 19.1. The molecule has 1 saturated heterocycles. The van der Waals surface area contributed by atoms with Crippen molar-refractivity contribution < 1.29 is 18.7 Å². The topological polar surface area (TPSA) is 95.0 Å². The predicted molar refractivity (Wildman–Crippen MR) is 64.7 cm³/mol. The van der Waals surface area contributed by atoms with Crippen LogP contribution in [0.2, 0.25) is 0 Å². The lowest BCUT2D eigenvalue weighted by atomic mass is 9.92. The molecule has 2 heterocycles. The second-order valence-electron chi connectivity index (χ2n) is 4.89. The molecule has 21 heavy (non-hydrogen) atoms. The highest BCUT2D eigenvalue weighted by Gasteiger charge is 2.48. The Morgan fingerprint density at radius 1 is 1.38 bits per heavy atom. The van der Waals surface area contributed by atoms with Gasteiger partial charge in [0.25, 0.3) is 0 Å². The first-order valence-electron chi connectivity index (χ1n) is 6.16. The quantitative estimate of drug-likeness (QED) is 0.814. The minimum Gasteiger partial charge on any atom is -0.378 e. The Balaban J connectivity index is 1.66. The molecule has 0 radical (unpaired) electrons. The number of carbonyl (C=O) groups is 1. The highest BCUT2D eigenvalue weighted by molar-refractivity contribution is 5.80. The van der Waals surface area contributed by atoms with Crippen molar-refractivity contribution >= 4 is 5.91 Å². The number of likely N-dealkylation sites (tertiary alicyclic amines) is 1. The van der Waals surface area contributed by atoms with Crippen molar-refractivity contribution in [2.75, 3.05) is 13.1 Å². The van der Waals surface area contributed by atoms with Gasteiger partial charge in [0, 0.05) is 5.56 Å². The smallest absolute Gasteiger partial charge is 0.227 e. The molecule has 1 aliphatic heterocycles. The second kappa shape index (κ2) is 4.85. The molecule has 7 nitrogen and oxygen atoms in total. The number of halogens is 2. The van der Waals surface area contributed by atoms with Crippen molar-refractivity contribution in [3.63, 3.8) is 0 Å². The van der Waals surface area contributed by atoms with Crippen LogP contribution in [0.25, 0.3) is 0 Å². The van der Waals surface area contributed by atoms with Crippen molar-refractivity contribution in [3.8, 4) is 0 Å². The van der Waals surface area contributed by atoms with Crippen LogP contribution < -0.4 is 0 Å². The van der Waals surface area contributed by atoms with Gasteiger partial charge in [0.1, 0.15) is 11.6 Å². The number of β-amino-alcohol motifs (C(OH)–C–C–N with tert-alkyl or cyclic N) is 1. The SMILES string of the molecule is O=C(Cc1c(F)cccc1F)N1CC(O)(c2nn[nH]n2)C1. The number of aromatic amines is 1. The zero-order chi connectivity index (χ0) is 15.0. The molecule has 3 rings (SSSR count). The van der Waals surface area contributed by atoms with E-state index >= 15 is 0 Å². The van der Waals surface area contributed by atoms with E-state index in [2.05, 4.69) is 20.6 Å². The van der Waals surface area contributed by atoms with Crippen LogP contribution in [0.4, 0.5) is 8.78 Å². The highest BCUT2D eigenvalue weighted by Crippen LogP contribution is 2.29. The van der Waals surface area contributed by atoms with Gasteiger partial charge in [-0.3, -0.25) is 4.79 Å². The summed E-state index contributed by atoms with van der Waals surface area (Å²) in [5.74, 6) is -1.93. The Hall–Kier alpha value is -2.42. The Morgan fingerprint density at radius 2 is 2.05 bits per heavy atom. The summed E-state index contributed by atoms with van der Waals surface area (Å²) in [6, 6.07) is 3.42. The maximum Gasteiger partial charge on any atom is 0.227 e. The lowest BCUT2D eigenvalue weighted by molar-refractivity contribution is -0.158.